The second-order valence-corrected chi connectivity index (χ2v) is 8.78. The third-order valence-corrected chi connectivity index (χ3v) is 6.91. The number of fused-ring (bicyclic) bond motifs is 1. The summed E-state index contributed by atoms with van der Waals surface area (Å²) >= 11 is 1.72. The summed E-state index contributed by atoms with van der Waals surface area (Å²) in [5.74, 6) is 1.42. The van der Waals surface area contributed by atoms with E-state index >= 15 is 0 Å². The molecule has 2 atom stereocenters. The van der Waals surface area contributed by atoms with Gasteiger partial charge in [-0.25, -0.2) is 0 Å². The van der Waals surface area contributed by atoms with Crippen molar-refractivity contribution in [2.75, 3.05) is 26.8 Å². The molecule has 0 saturated heterocycles. The van der Waals surface area contributed by atoms with E-state index in [0.29, 0.717) is 25.3 Å². The molecule has 0 aliphatic carbocycles. The summed E-state index contributed by atoms with van der Waals surface area (Å²) in [5.41, 5.74) is 1.14. The Labute approximate surface area is 188 Å². The smallest absolute Gasteiger partial charge is 0.242 e. The molecular weight excluding hydrogens is 412 g/mol. The zero-order chi connectivity index (χ0) is 22.4. The second-order valence-electron chi connectivity index (χ2n) is 7.77. The van der Waals surface area contributed by atoms with E-state index in [1.54, 1.807) is 23.3 Å². The normalized spacial score (nSPS) is 16.4. The number of hydrogen-bond donors (Lipinski definition) is 0. The molecule has 0 saturated carbocycles. The summed E-state index contributed by atoms with van der Waals surface area (Å²) < 4.78 is 11.4. The van der Waals surface area contributed by atoms with Crippen molar-refractivity contribution in [3.8, 4) is 11.5 Å². The van der Waals surface area contributed by atoms with Gasteiger partial charge in [-0.05, 0) is 48.9 Å². The molecule has 0 bridgehead atoms. The number of hydrogen-bond acceptors (Lipinski definition) is 5. The summed E-state index contributed by atoms with van der Waals surface area (Å²) in [6.07, 6.45) is 2.05. The first-order valence-corrected chi connectivity index (χ1v) is 11.8. The van der Waals surface area contributed by atoms with Crippen LogP contribution in [-0.2, 0) is 16.0 Å². The van der Waals surface area contributed by atoms with Gasteiger partial charge in [-0.1, -0.05) is 19.9 Å². The molecule has 0 unspecified atom stereocenters. The summed E-state index contributed by atoms with van der Waals surface area (Å²) in [7, 11) is 1.62. The highest BCUT2D eigenvalue weighted by Crippen LogP contribution is 2.34. The molecule has 1 aliphatic rings. The molecule has 0 fully saturated rings. The molecular formula is C24H32N2O4S. The molecule has 0 radical (unpaired) electrons. The van der Waals surface area contributed by atoms with Gasteiger partial charge >= 0.3 is 0 Å². The monoisotopic (exact) mass is 444 g/mol. The first kappa shape index (κ1) is 23.1. The number of rotatable bonds is 9. The van der Waals surface area contributed by atoms with Gasteiger partial charge in [0.15, 0.2) is 0 Å². The van der Waals surface area contributed by atoms with Crippen LogP contribution in [0.2, 0.25) is 0 Å². The zero-order valence-corrected chi connectivity index (χ0v) is 19.6. The fraction of sp³-hybridized carbons (Fsp3) is 0.500. The van der Waals surface area contributed by atoms with Crippen molar-refractivity contribution in [3.63, 3.8) is 0 Å². The largest absolute Gasteiger partial charge is 0.497 e. The fourth-order valence-corrected chi connectivity index (χ4v) is 4.82. The van der Waals surface area contributed by atoms with E-state index < -0.39 is 0 Å². The van der Waals surface area contributed by atoms with Gasteiger partial charge in [0.05, 0.1) is 13.2 Å². The lowest BCUT2D eigenvalue weighted by atomic mass is 10.00. The number of benzene rings is 1. The molecule has 2 amide bonds. The van der Waals surface area contributed by atoms with Gasteiger partial charge < -0.3 is 19.3 Å². The van der Waals surface area contributed by atoms with Crippen LogP contribution < -0.4 is 9.47 Å². The van der Waals surface area contributed by atoms with Crippen molar-refractivity contribution in [2.45, 2.75) is 52.1 Å². The van der Waals surface area contributed by atoms with Crippen LogP contribution in [-0.4, -0.2) is 54.5 Å². The highest BCUT2D eigenvalue weighted by atomic mass is 32.1. The van der Waals surface area contributed by atoms with Gasteiger partial charge in [0.2, 0.25) is 11.8 Å². The average molecular weight is 445 g/mol. The first-order valence-electron chi connectivity index (χ1n) is 10.9. The standard InChI is InChI=1S/C24H32N2O4S/c1-5-17(3)26(23(27)6-2)15-24(28)25-12-10-22-20(11-13-31-22)21(25)16-30-19-9-7-8-18(14-19)29-4/h7-9,11,13-14,17,21H,5-6,10,12,15-16H2,1-4H3/t17-,21-/m1/s1. The van der Waals surface area contributed by atoms with Gasteiger partial charge in [0, 0.05) is 30.0 Å². The van der Waals surface area contributed by atoms with Crippen molar-refractivity contribution in [1.29, 1.82) is 0 Å². The minimum Gasteiger partial charge on any atom is -0.497 e. The Bertz CT molecular complexity index is 897. The zero-order valence-electron chi connectivity index (χ0n) is 18.8. The van der Waals surface area contributed by atoms with Crippen molar-refractivity contribution >= 4 is 23.2 Å². The molecule has 0 N–H and O–H groups in total. The number of nitrogens with zero attached hydrogens (tertiary/aromatic N) is 2. The molecule has 1 aromatic heterocycles. The predicted molar refractivity (Wildman–Crippen MR) is 123 cm³/mol. The van der Waals surface area contributed by atoms with Gasteiger partial charge in [-0.2, -0.15) is 0 Å². The van der Waals surface area contributed by atoms with E-state index in [2.05, 4.69) is 11.4 Å². The molecule has 7 heteroatoms. The Morgan fingerprint density at radius 2 is 2.03 bits per heavy atom. The third-order valence-electron chi connectivity index (χ3n) is 5.92. The van der Waals surface area contributed by atoms with Crippen LogP contribution in [0.25, 0.3) is 0 Å². The molecule has 2 heterocycles. The van der Waals surface area contributed by atoms with Gasteiger partial charge in [0.1, 0.15) is 24.7 Å². The third kappa shape index (κ3) is 5.39. The lowest BCUT2D eigenvalue weighted by molar-refractivity contribution is -0.144. The van der Waals surface area contributed by atoms with Crippen LogP contribution in [0.4, 0.5) is 0 Å². The van der Waals surface area contributed by atoms with Crippen molar-refractivity contribution < 1.29 is 19.1 Å². The molecule has 0 spiro atoms. The van der Waals surface area contributed by atoms with E-state index in [1.165, 1.54) is 4.88 Å². The Balaban J connectivity index is 1.78. The molecule has 3 rings (SSSR count). The molecule has 1 aromatic carbocycles. The van der Waals surface area contributed by atoms with Crippen molar-refractivity contribution in [2.24, 2.45) is 0 Å². The van der Waals surface area contributed by atoms with Crippen LogP contribution in [0.5, 0.6) is 11.5 Å². The van der Waals surface area contributed by atoms with Crippen molar-refractivity contribution in [3.05, 3.63) is 46.2 Å². The lowest BCUT2D eigenvalue weighted by Gasteiger charge is -2.38. The lowest BCUT2D eigenvalue weighted by Crippen LogP contribution is -2.49. The Morgan fingerprint density at radius 1 is 1.26 bits per heavy atom. The maximum absolute atomic E-state index is 13.4. The maximum atomic E-state index is 13.4. The molecule has 2 aromatic rings. The summed E-state index contributed by atoms with van der Waals surface area (Å²) in [5, 5.41) is 2.07. The topological polar surface area (TPSA) is 59.1 Å². The van der Waals surface area contributed by atoms with E-state index in [1.807, 2.05) is 49.9 Å². The minimum absolute atomic E-state index is 0.0140. The quantitative estimate of drug-likeness (QED) is 0.579. The molecule has 31 heavy (non-hydrogen) atoms. The van der Waals surface area contributed by atoms with E-state index in [4.69, 9.17) is 9.47 Å². The average Bonchev–Trinajstić information content (AvgIpc) is 3.29. The minimum atomic E-state index is -0.177. The fourth-order valence-electron chi connectivity index (χ4n) is 3.89. The number of ether oxygens (including phenoxy) is 2. The number of thiophene rings is 1. The summed E-state index contributed by atoms with van der Waals surface area (Å²) in [6, 6.07) is 9.42. The molecule has 1 aliphatic heterocycles. The Hall–Kier alpha value is -2.54. The highest BCUT2D eigenvalue weighted by Gasteiger charge is 2.34. The van der Waals surface area contributed by atoms with Crippen LogP contribution >= 0.6 is 11.3 Å². The Kier molecular flexibility index (Phi) is 7.96. The van der Waals surface area contributed by atoms with E-state index in [-0.39, 0.29) is 30.4 Å². The predicted octanol–water partition coefficient (Wildman–Crippen LogP) is 4.30. The van der Waals surface area contributed by atoms with Crippen LogP contribution in [0.15, 0.2) is 35.7 Å². The van der Waals surface area contributed by atoms with Gasteiger partial charge in [0.25, 0.3) is 0 Å². The van der Waals surface area contributed by atoms with Crippen molar-refractivity contribution in [1.82, 2.24) is 9.80 Å². The van der Waals surface area contributed by atoms with Crippen LogP contribution in [0, 0.1) is 0 Å². The number of amides is 2. The maximum Gasteiger partial charge on any atom is 0.242 e. The number of carbonyl (C=O) groups is 2. The highest BCUT2D eigenvalue weighted by molar-refractivity contribution is 7.10. The molecule has 168 valence electrons. The summed E-state index contributed by atoms with van der Waals surface area (Å²) in [6.45, 7) is 6.97. The molecule has 6 nitrogen and oxygen atoms in total. The van der Waals surface area contributed by atoms with E-state index in [9.17, 15) is 9.59 Å². The number of methoxy groups -OCH3 is 1. The van der Waals surface area contributed by atoms with E-state index in [0.717, 1.165) is 24.2 Å². The Morgan fingerprint density at radius 3 is 2.74 bits per heavy atom. The van der Waals surface area contributed by atoms with Gasteiger partial charge in [-0.3, -0.25) is 9.59 Å². The van der Waals surface area contributed by atoms with Crippen LogP contribution in [0.3, 0.4) is 0 Å². The summed E-state index contributed by atoms with van der Waals surface area (Å²) in [4.78, 5) is 30.7. The van der Waals surface area contributed by atoms with Crippen LogP contribution in [0.1, 0.15) is 50.1 Å². The first-order chi connectivity index (χ1) is 15.0. The SMILES string of the molecule is CCC(=O)N(CC(=O)N1CCc2sccc2[C@H]1COc1cccc(OC)c1)[C@H](C)CC. The van der Waals surface area contributed by atoms with Gasteiger partial charge in [-0.15, -0.1) is 11.3 Å². The second kappa shape index (κ2) is 10.7. The number of carbonyl (C=O) groups excluding carboxylic acids is 2.